The molecule has 58 valence electrons. The lowest BCUT2D eigenvalue weighted by atomic mass is 10.2. The predicted octanol–water partition coefficient (Wildman–Crippen LogP) is 1.84. The van der Waals surface area contributed by atoms with Crippen molar-refractivity contribution in [3.63, 3.8) is 0 Å². The Balaban J connectivity index is 2.08. The molecule has 1 saturated carbocycles. The van der Waals surface area contributed by atoms with Crippen LogP contribution in [0.4, 0.5) is 0 Å². The second kappa shape index (κ2) is 2.41. The van der Waals surface area contributed by atoms with Crippen molar-refractivity contribution in [2.24, 2.45) is 5.92 Å². The molecule has 3 heteroatoms. The first-order valence-electron chi connectivity index (χ1n) is 3.69. The van der Waals surface area contributed by atoms with E-state index in [0.29, 0.717) is 11.7 Å². The Morgan fingerprint density at radius 1 is 1.82 bits per heavy atom. The van der Waals surface area contributed by atoms with Gasteiger partial charge in [0.2, 0.25) is 0 Å². The number of nitrogens with zero attached hydrogens (tertiary/aromatic N) is 1. The normalized spacial score (nSPS) is 28.5. The fraction of sp³-hybridized carbons (Fsp3) is 0.500. The molecule has 0 radical (unpaired) electrons. The Bertz CT molecular complexity index is 268. The summed E-state index contributed by atoms with van der Waals surface area (Å²) in [5.41, 5.74) is 0. The molecule has 0 bridgehead atoms. The Kier molecular flexibility index (Phi) is 1.53. The third-order valence-corrected chi connectivity index (χ3v) is 2.99. The summed E-state index contributed by atoms with van der Waals surface area (Å²) in [6, 6.07) is 0. The lowest BCUT2D eigenvalue weighted by Crippen LogP contribution is -1.93. The molecule has 0 spiro atoms. The lowest BCUT2D eigenvalue weighted by Gasteiger charge is -1.88. The third kappa shape index (κ3) is 1.20. The van der Waals surface area contributed by atoms with Crippen molar-refractivity contribution in [1.29, 1.82) is 0 Å². The number of carbonyl (C=O) groups is 1. The molecular formula is C8H9NOS. The van der Waals surface area contributed by atoms with Gasteiger partial charge in [0.05, 0.1) is 5.01 Å². The van der Waals surface area contributed by atoms with Crippen LogP contribution in [0.3, 0.4) is 0 Å². The van der Waals surface area contributed by atoms with Crippen molar-refractivity contribution >= 4 is 17.1 Å². The first-order valence-corrected chi connectivity index (χ1v) is 4.57. The van der Waals surface area contributed by atoms with Crippen molar-refractivity contribution < 1.29 is 4.79 Å². The standard InChI is InChI=1S/C8H9NOS/c1-5(10)6-4-7(6)8-9-2-3-11-8/h2-3,6-7H,4H2,1H3. The molecular weight excluding hydrogens is 158 g/mol. The summed E-state index contributed by atoms with van der Waals surface area (Å²) in [5.74, 6) is 1.04. The van der Waals surface area contributed by atoms with Crippen molar-refractivity contribution in [1.82, 2.24) is 4.98 Å². The highest BCUT2D eigenvalue weighted by molar-refractivity contribution is 7.09. The Labute approximate surface area is 69.3 Å². The summed E-state index contributed by atoms with van der Waals surface area (Å²) in [6.45, 7) is 1.66. The van der Waals surface area contributed by atoms with Crippen LogP contribution in [-0.2, 0) is 4.79 Å². The second-order valence-corrected chi connectivity index (χ2v) is 3.86. The molecule has 1 aliphatic carbocycles. The summed E-state index contributed by atoms with van der Waals surface area (Å²) < 4.78 is 0. The number of thiazole rings is 1. The van der Waals surface area contributed by atoms with Gasteiger partial charge in [0.25, 0.3) is 0 Å². The van der Waals surface area contributed by atoms with Gasteiger partial charge in [-0.2, -0.15) is 0 Å². The first-order chi connectivity index (χ1) is 5.29. The molecule has 0 aromatic carbocycles. The zero-order valence-electron chi connectivity index (χ0n) is 6.28. The zero-order chi connectivity index (χ0) is 7.84. The minimum atomic E-state index is 0.279. The molecule has 2 unspecified atom stereocenters. The van der Waals surface area contributed by atoms with Gasteiger partial charge in [-0.25, -0.2) is 4.98 Å². The van der Waals surface area contributed by atoms with E-state index in [4.69, 9.17) is 0 Å². The smallest absolute Gasteiger partial charge is 0.133 e. The number of hydrogen-bond donors (Lipinski definition) is 0. The molecule has 0 saturated heterocycles. The van der Waals surface area contributed by atoms with Gasteiger partial charge in [-0.05, 0) is 13.3 Å². The van der Waals surface area contributed by atoms with Crippen LogP contribution in [0.1, 0.15) is 24.3 Å². The maximum absolute atomic E-state index is 10.9. The minimum absolute atomic E-state index is 0.279. The van der Waals surface area contributed by atoms with Crippen LogP contribution in [0.15, 0.2) is 11.6 Å². The van der Waals surface area contributed by atoms with Crippen LogP contribution in [0.25, 0.3) is 0 Å². The number of Topliss-reactive ketones (excluding diaryl/α,β-unsaturated/α-hetero) is 1. The minimum Gasteiger partial charge on any atom is -0.300 e. The van der Waals surface area contributed by atoms with Crippen molar-refractivity contribution in [2.75, 3.05) is 0 Å². The summed E-state index contributed by atoms with van der Waals surface area (Å²) in [4.78, 5) is 15.1. The van der Waals surface area contributed by atoms with Crippen molar-refractivity contribution in [3.8, 4) is 0 Å². The van der Waals surface area contributed by atoms with Gasteiger partial charge in [-0.3, -0.25) is 4.79 Å². The van der Waals surface area contributed by atoms with Crippen LogP contribution in [-0.4, -0.2) is 10.8 Å². The topological polar surface area (TPSA) is 30.0 Å². The fourth-order valence-corrected chi connectivity index (χ4v) is 2.15. The SMILES string of the molecule is CC(=O)C1CC1c1nccs1. The molecule has 1 aromatic rings. The molecule has 1 aromatic heterocycles. The van der Waals surface area contributed by atoms with E-state index in [1.54, 1.807) is 24.5 Å². The molecule has 11 heavy (non-hydrogen) atoms. The van der Waals surface area contributed by atoms with Gasteiger partial charge in [-0.15, -0.1) is 11.3 Å². The van der Waals surface area contributed by atoms with Crippen LogP contribution in [0.2, 0.25) is 0 Å². The largest absolute Gasteiger partial charge is 0.300 e. The van der Waals surface area contributed by atoms with Crippen LogP contribution in [0, 0.1) is 5.92 Å². The highest BCUT2D eigenvalue weighted by Crippen LogP contribution is 2.48. The molecule has 2 nitrogen and oxygen atoms in total. The van der Waals surface area contributed by atoms with Crippen molar-refractivity contribution in [3.05, 3.63) is 16.6 Å². The number of aromatic nitrogens is 1. The van der Waals surface area contributed by atoms with E-state index >= 15 is 0 Å². The van der Waals surface area contributed by atoms with E-state index in [0.717, 1.165) is 11.4 Å². The Morgan fingerprint density at radius 3 is 3.09 bits per heavy atom. The summed E-state index contributed by atoms with van der Waals surface area (Å²) in [5, 5.41) is 3.09. The Hall–Kier alpha value is -0.700. The highest BCUT2D eigenvalue weighted by Gasteiger charge is 2.43. The maximum Gasteiger partial charge on any atom is 0.133 e. The maximum atomic E-state index is 10.9. The average Bonchev–Trinajstić information content (AvgIpc) is 2.60. The van der Waals surface area contributed by atoms with E-state index in [9.17, 15) is 4.79 Å². The van der Waals surface area contributed by atoms with E-state index < -0.39 is 0 Å². The van der Waals surface area contributed by atoms with E-state index in [1.165, 1.54) is 0 Å². The lowest BCUT2D eigenvalue weighted by molar-refractivity contribution is -0.118. The van der Waals surface area contributed by atoms with E-state index in [2.05, 4.69) is 4.98 Å². The van der Waals surface area contributed by atoms with Crippen LogP contribution < -0.4 is 0 Å². The Morgan fingerprint density at radius 2 is 2.64 bits per heavy atom. The van der Waals surface area contributed by atoms with Gasteiger partial charge in [0, 0.05) is 23.4 Å². The number of hydrogen-bond acceptors (Lipinski definition) is 3. The summed E-state index contributed by atoms with van der Waals surface area (Å²) >= 11 is 1.65. The fourth-order valence-electron chi connectivity index (χ4n) is 1.33. The molecule has 1 aliphatic rings. The number of rotatable bonds is 2. The zero-order valence-corrected chi connectivity index (χ0v) is 7.10. The van der Waals surface area contributed by atoms with E-state index in [1.807, 2.05) is 5.38 Å². The van der Waals surface area contributed by atoms with Gasteiger partial charge >= 0.3 is 0 Å². The monoisotopic (exact) mass is 167 g/mol. The molecule has 0 N–H and O–H groups in total. The summed E-state index contributed by atoms with van der Waals surface area (Å²) in [6.07, 6.45) is 2.82. The first kappa shape index (κ1) is 6.98. The van der Waals surface area contributed by atoms with E-state index in [-0.39, 0.29) is 5.92 Å². The van der Waals surface area contributed by atoms with Crippen molar-refractivity contribution in [2.45, 2.75) is 19.3 Å². The molecule has 1 heterocycles. The van der Waals surface area contributed by atoms with Gasteiger partial charge in [-0.1, -0.05) is 0 Å². The summed E-state index contributed by atoms with van der Waals surface area (Å²) in [7, 11) is 0. The third-order valence-electron chi connectivity index (χ3n) is 2.08. The number of ketones is 1. The van der Waals surface area contributed by atoms with Gasteiger partial charge in [0.1, 0.15) is 5.78 Å². The highest BCUT2D eigenvalue weighted by atomic mass is 32.1. The number of carbonyl (C=O) groups excluding carboxylic acids is 1. The second-order valence-electron chi connectivity index (χ2n) is 2.93. The van der Waals surface area contributed by atoms with Gasteiger partial charge < -0.3 is 0 Å². The molecule has 2 atom stereocenters. The molecule has 0 aliphatic heterocycles. The van der Waals surface area contributed by atoms with Gasteiger partial charge in [0.15, 0.2) is 0 Å². The predicted molar refractivity (Wildman–Crippen MR) is 43.6 cm³/mol. The van der Waals surface area contributed by atoms with Crippen LogP contribution in [0.5, 0.6) is 0 Å². The average molecular weight is 167 g/mol. The molecule has 2 rings (SSSR count). The molecule has 0 amide bonds. The quantitative estimate of drug-likeness (QED) is 0.672. The molecule has 1 fully saturated rings. The van der Waals surface area contributed by atoms with Crippen LogP contribution >= 0.6 is 11.3 Å².